The first-order valence-corrected chi connectivity index (χ1v) is 10.3. The fourth-order valence-electron chi connectivity index (χ4n) is 2.88. The van der Waals surface area contributed by atoms with Gasteiger partial charge in [-0.2, -0.15) is 0 Å². The maximum Gasteiger partial charge on any atom is 0.253 e. The topological polar surface area (TPSA) is 106 Å². The fraction of sp³-hybridized carbons (Fsp3) is 0.286. The lowest BCUT2D eigenvalue weighted by Crippen LogP contribution is -2.42. The largest absolute Gasteiger partial charge is 0.486 e. The predicted molar refractivity (Wildman–Crippen MR) is 116 cm³/mol. The van der Waals surface area contributed by atoms with Gasteiger partial charge in [0.1, 0.15) is 13.2 Å². The Morgan fingerprint density at radius 3 is 2.39 bits per heavy atom. The Bertz CT molecular complexity index is 999. The standard InChI is InChI=1S/C21H21Cl2N3O5/c1-12(13-2-5-17-18(8-13)31-7-6-30-17)26-20(28)11-24-19(27)10-25-21(29)15-4-3-14(22)9-16(15)23/h2-5,8-9,12H,6-7,10-11H2,1H3,(H,24,27)(H,25,29)(H,26,28)/t12-/m0/s1. The van der Waals surface area contributed by atoms with Crippen molar-refractivity contribution >= 4 is 40.9 Å². The summed E-state index contributed by atoms with van der Waals surface area (Å²) in [7, 11) is 0. The second-order valence-corrected chi connectivity index (χ2v) is 7.62. The molecule has 0 radical (unpaired) electrons. The normalized spacial score (nSPS) is 13.1. The van der Waals surface area contributed by atoms with Crippen LogP contribution >= 0.6 is 23.2 Å². The van der Waals surface area contributed by atoms with Crippen LogP contribution in [0.4, 0.5) is 0 Å². The molecule has 10 heteroatoms. The van der Waals surface area contributed by atoms with Gasteiger partial charge in [-0.3, -0.25) is 14.4 Å². The molecule has 0 aliphatic carbocycles. The van der Waals surface area contributed by atoms with Gasteiger partial charge in [-0.15, -0.1) is 0 Å². The van der Waals surface area contributed by atoms with Gasteiger partial charge in [0.25, 0.3) is 5.91 Å². The third-order valence-corrected chi connectivity index (χ3v) is 5.02. The molecule has 1 heterocycles. The van der Waals surface area contributed by atoms with Gasteiger partial charge >= 0.3 is 0 Å². The summed E-state index contributed by atoms with van der Waals surface area (Å²) >= 11 is 11.8. The van der Waals surface area contributed by atoms with Gasteiger partial charge in [0.05, 0.1) is 29.7 Å². The van der Waals surface area contributed by atoms with Gasteiger partial charge in [-0.05, 0) is 42.8 Å². The minimum Gasteiger partial charge on any atom is -0.486 e. The van der Waals surface area contributed by atoms with Crippen molar-refractivity contribution in [3.8, 4) is 11.5 Å². The van der Waals surface area contributed by atoms with Crippen LogP contribution in [0.15, 0.2) is 36.4 Å². The molecule has 0 saturated carbocycles. The van der Waals surface area contributed by atoms with Crippen LogP contribution in [0.25, 0.3) is 0 Å². The zero-order valence-corrected chi connectivity index (χ0v) is 18.2. The van der Waals surface area contributed by atoms with Crippen molar-refractivity contribution in [1.29, 1.82) is 0 Å². The van der Waals surface area contributed by atoms with E-state index in [1.165, 1.54) is 18.2 Å². The molecule has 2 aromatic carbocycles. The highest BCUT2D eigenvalue weighted by Gasteiger charge is 2.17. The van der Waals surface area contributed by atoms with Crippen molar-refractivity contribution in [1.82, 2.24) is 16.0 Å². The Balaban J connectivity index is 1.42. The molecule has 3 rings (SSSR count). The second kappa shape index (κ2) is 10.4. The van der Waals surface area contributed by atoms with Gasteiger partial charge < -0.3 is 25.4 Å². The first kappa shape index (κ1) is 22.7. The van der Waals surface area contributed by atoms with Gasteiger partial charge in [-0.25, -0.2) is 0 Å². The lowest BCUT2D eigenvalue weighted by molar-refractivity contribution is -0.125. The monoisotopic (exact) mass is 465 g/mol. The number of hydrogen-bond acceptors (Lipinski definition) is 5. The molecule has 0 fully saturated rings. The van der Waals surface area contributed by atoms with Crippen LogP contribution < -0.4 is 25.4 Å². The van der Waals surface area contributed by atoms with Crippen LogP contribution in [0.5, 0.6) is 11.5 Å². The molecule has 2 aromatic rings. The van der Waals surface area contributed by atoms with E-state index >= 15 is 0 Å². The van der Waals surface area contributed by atoms with Crippen LogP contribution in [0, 0.1) is 0 Å². The highest BCUT2D eigenvalue weighted by atomic mass is 35.5. The minimum atomic E-state index is -0.520. The van der Waals surface area contributed by atoms with E-state index in [1.807, 2.05) is 19.1 Å². The number of ether oxygens (including phenoxy) is 2. The average molecular weight is 466 g/mol. The van der Waals surface area contributed by atoms with Crippen molar-refractivity contribution in [3.63, 3.8) is 0 Å². The first-order valence-electron chi connectivity index (χ1n) is 9.52. The van der Waals surface area contributed by atoms with Crippen molar-refractivity contribution in [2.45, 2.75) is 13.0 Å². The summed E-state index contributed by atoms with van der Waals surface area (Å²) in [5, 5.41) is 8.27. The molecule has 0 aromatic heterocycles. The minimum absolute atomic E-state index is 0.179. The van der Waals surface area contributed by atoms with Crippen molar-refractivity contribution in [2.75, 3.05) is 26.3 Å². The molecule has 1 atom stereocenters. The van der Waals surface area contributed by atoms with Gasteiger partial charge in [0, 0.05) is 5.02 Å². The highest BCUT2D eigenvalue weighted by molar-refractivity contribution is 6.36. The van der Waals surface area contributed by atoms with E-state index in [1.54, 1.807) is 6.07 Å². The van der Waals surface area contributed by atoms with Crippen molar-refractivity contribution in [2.24, 2.45) is 0 Å². The smallest absolute Gasteiger partial charge is 0.253 e. The van der Waals surface area contributed by atoms with Crippen LogP contribution in [0.2, 0.25) is 10.0 Å². The molecule has 3 amide bonds. The molecule has 164 valence electrons. The summed E-state index contributed by atoms with van der Waals surface area (Å²) in [5.74, 6) is -0.103. The third kappa shape index (κ3) is 6.26. The van der Waals surface area contributed by atoms with Crippen molar-refractivity contribution in [3.05, 3.63) is 57.6 Å². The number of amides is 3. The Morgan fingerprint density at radius 2 is 1.65 bits per heavy atom. The predicted octanol–water partition coefficient (Wildman–Crippen LogP) is 2.49. The van der Waals surface area contributed by atoms with Crippen LogP contribution in [0.1, 0.15) is 28.9 Å². The van der Waals surface area contributed by atoms with E-state index in [4.69, 9.17) is 32.7 Å². The molecule has 1 aliphatic rings. The molecular formula is C21H21Cl2N3O5. The first-order chi connectivity index (χ1) is 14.8. The lowest BCUT2D eigenvalue weighted by atomic mass is 10.1. The van der Waals surface area contributed by atoms with E-state index in [-0.39, 0.29) is 35.6 Å². The number of hydrogen-bond donors (Lipinski definition) is 3. The summed E-state index contributed by atoms with van der Waals surface area (Å²) in [6, 6.07) is 9.58. The third-order valence-electron chi connectivity index (χ3n) is 4.48. The number of carbonyl (C=O) groups is 3. The summed E-state index contributed by atoms with van der Waals surface area (Å²) < 4.78 is 11.0. The summed E-state index contributed by atoms with van der Waals surface area (Å²) in [6.07, 6.45) is 0. The van der Waals surface area contributed by atoms with E-state index in [0.29, 0.717) is 29.7 Å². The van der Waals surface area contributed by atoms with Crippen molar-refractivity contribution < 1.29 is 23.9 Å². The quantitative estimate of drug-likeness (QED) is 0.582. The zero-order valence-electron chi connectivity index (χ0n) is 16.7. The Kier molecular flexibility index (Phi) is 7.59. The molecule has 31 heavy (non-hydrogen) atoms. The molecule has 0 spiro atoms. The highest BCUT2D eigenvalue weighted by Crippen LogP contribution is 2.32. The Hall–Kier alpha value is -2.97. The van der Waals surface area contributed by atoms with E-state index in [2.05, 4.69) is 16.0 Å². The summed E-state index contributed by atoms with van der Waals surface area (Å²) in [4.78, 5) is 36.2. The molecule has 0 unspecified atom stereocenters. The van der Waals surface area contributed by atoms with E-state index in [9.17, 15) is 14.4 Å². The molecular weight excluding hydrogens is 445 g/mol. The maximum atomic E-state index is 12.2. The van der Waals surface area contributed by atoms with E-state index < -0.39 is 11.8 Å². The lowest BCUT2D eigenvalue weighted by Gasteiger charge is -2.21. The number of halogens is 2. The van der Waals surface area contributed by atoms with Crippen LogP contribution in [-0.4, -0.2) is 44.0 Å². The number of benzene rings is 2. The van der Waals surface area contributed by atoms with Gasteiger partial charge in [-0.1, -0.05) is 29.3 Å². The summed E-state index contributed by atoms with van der Waals surface area (Å²) in [5.41, 5.74) is 1.04. The number of carbonyl (C=O) groups excluding carboxylic acids is 3. The average Bonchev–Trinajstić information content (AvgIpc) is 2.75. The zero-order chi connectivity index (χ0) is 22.4. The summed E-state index contributed by atoms with van der Waals surface area (Å²) in [6.45, 7) is 2.27. The number of fused-ring (bicyclic) bond motifs is 1. The van der Waals surface area contributed by atoms with Crippen LogP contribution in [0.3, 0.4) is 0 Å². The Labute approximate surface area is 189 Å². The fourth-order valence-corrected chi connectivity index (χ4v) is 3.37. The molecule has 8 nitrogen and oxygen atoms in total. The molecule has 0 saturated heterocycles. The molecule has 1 aliphatic heterocycles. The molecule has 0 bridgehead atoms. The molecule has 3 N–H and O–H groups in total. The SMILES string of the molecule is C[C@H](NC(=O)CNC(=O)CNC(=O)c1ccc(Cl)cc1Cl)c1ccc2c(c1)OCCO2. The van der Waals surface area contributed by atoms with Gasteiger partial charge in [0.2, 0.25) is 11.8 Å². The maximum absolute atomic E-state index is 12.2. The Morgan fingerprint density at radius 1 is 0.935 bits per heavy atom. The number of nitrogens with one attached hydrogen (secondary N) is 3. The van der Waals surface area contributed by atoms with Gasteiger partial charge in [0.15, 0.2) is 11.5 Å². The van der Waals surface area contributed by atoms with E-state index in [0.717, 1.165) is 5.56 Å². The van der Waals surface area contributed by atoms with Crippen LogP contribution in [-0.2, 0) is 9.59 Å². The number of rotatable bonds is 7. The second-order valence-electron chi connectivity index (χ2n) is 6.78.